The summed E-state index contributed by atoms with van der Waals surface area (Å²) in [6, 6.07) is 25.9. The van der Waals surface area contributed by atoms with Crippen LogP contribution in [0, 0.1) is 0 Å². The molecule has 0 atom stereocenters. The van der Waals surface area contributed by atoms with Gasteiger partial charge in [0, 0.05) is 13.4 Å². The zero-order valence-corrected chi connectivity index (χ0v) is 17.2. The van der Waals surface area contributed by atoms with Crippen LogP contribution in [0.25, 0.3) is 0 Å². The molecule has 3 rings (SSSR count). The van der Waals surface area contributed by atoms with E-state index in [1.54, 1.807) is 0 Å². The lowest BCUT2D eigenvalue weighted by atomic mass is 10.4. The maximum atomic E-state index is 3.52. The molecular formula is C18H12Br3P. The van der Waals surface area contributed by atoms with Gasteiger partial charge in [-0.15, -0.1) is 0 Å². The summed E-state index contributed by atoms with van der Waals surface area (Å²) in [5.41, 5.74) is 0. The van der Waals surface area contributed by atoms with Gasteiger partial charge < -0.3 is 0 Å². The predicted octanol–water partition coefficient (Wildman–Crippen LogP) is 5.73. The van der Waals surface area contributed by atoms with Crippen molar-refractivity contribution >= 4 is 71.6 Å². The summed E-state index contributed by atoms with van der Waals surface area (Å²) in [5, 5.41) is 4.05. The normalized spacial score (nSPS) is 10.9. The van der Waals surface area contributed by atoms with E-state index in [1.807, 2.05) is 0 Å². The fourth-order valence-electron chi connectivity index (χ4n) is 2.22. The summed E-state index contributed by atoms with van der Waals surface area (Å²) in [7, 11) is -0.546. The van der Waals surface area contributed by atoms with Crippen LogP contribution in [0.4, 0.5) is 0 Å². The molecule has 0 amide bonds. The van der Waals surface area contributed by atoms with Crippen LogP contribution in [-0.2, 0) is 0 Å². The van der Waals surface area contributed by atoms with Crippen LogP contribution in [0.15, 0.2) is 86.2 Å². The summed E-state index contributed by atoms with van der Waals surface area (Å²) in [6.45, 7) is 0. The van der Waals surface area contributed by atoms with Gasteiger partial charge >= 0.3 is 0 Å². The average Bonchev–Trinajstić information content (AvgIpc) is 2.53. The second-order valence-electron chi connectivity index (χ2n) is 4.76. The minimum atomic E-state index is -0.546. The Bertz CT molecular complexity index is 642. The topological polar surface area (TPSA) is 0 Å². The number of hydrogen-bond donors (Lipinski definition) is 0. The van der Waals surface area contributed by atoms with E-state index in [0.29, 0.717) is 0 Å². The molecule has 0 unspecified atom stereocenters. The molecule has 0 heterocycles. The first-order chi connectivity index (χ1) is 10.6. The van der Waals surface area contributed by atoms with Crippen molar-refractivity contribution in [3.63, 3.8) is 0 Å². The zero-order valence-electron chi connectivity index (χ0n) is 11.5. The highest BCUT2D eigenvalue weighted by molar-refractivity contribution is 9.11. The molecule has 0 fully saturated rings. The fourth-order valence-corrected chi connectivity index (χ4v) is 5.25. The third-order valence-corrected chi connectivity index (χ3v) is 7.28. The molecule has 0 N–H and O–H groups in total. The van der Waals surface area contributed by atoms with Crippen molar-refractivity contribution < 1.29 is 0 Å². The van der Waals surface area contributed by atoms with Gasteiger partial charge in [0.1, 0.15) is 0 Å². The Morgan fingerprint density at radius 2 is 0.636 bits per heavy atom. The summed E-state index contributed by atoms with van der Waals surface area (Å²) >= 11 is 10.6. The van der Waals surface area contributed by atoms with Crippen molar-refractivity contribution in [1.29, 1.82) is 0 Å². The van der Waals surface area contributed by atoms with Crippen LogP contribution in [0.1, 0.15) is 0 Å². The molecule has 0 radical (unpaired) electrons. The van der Waals surface area contributed by atoms with Crippen molar-refractivity contribution in [2.45, 2.75) is 0 Å². The van der Waals surface area contributed by atoms with Crippen molar-refractivity contribution in [3.8, 4) is 0 Å². The third kappa shape index (κ3) is 3.89. The lowest BCUT2D eigenvalue weighted by molar-refractivity contribution is 1.67. The molecule has 0 nitrogen and oxygen atoms in total. The molecule has 0 bridgehead atoms. The Labute approximate surface area is 157 Å². The van der Waals surface area contributed by atoms with Gasteiger partial charge in [-0.25, -0.2) is 0 Å². The molecule has 0 aliphatic carbocycles. The Balaban J connectivity index is 2.10. The molecule has 110 valence electrons. The highest BCUT2D eigenvalue weighted by Crippen LogP contribution is 2.34. The SMILES string of the molecule is Brc1ccc(P(c2ccc(Br)cc2)c2ccc(Br)cc2)cc1. The van der Waals surface area contributed by atoms with Crippen molar-refractivity contribution in [1.82, 2.24) is 0 Å². The monoisotopic (exact) mass is 496 g/mol. The van der Waals surface area contributed by atoms with Gasteiger partial charge in [-0.2, -0.15) is 0 Å². The van der Waals surface area contributed by atoms with Crippen LogP contribution in [0.3, 0.4) is 0 Å². The molecule has 0 spiro atoms. The maximum Gasteiger partial charge on any atom is 0.0175 e. The Hall–Kier alpha value is -0.470. The molecule has 0 aromatic heterocycles. The van der Waals surface area contributed by atoms with Crippen molar-refractivity contribution in [3.05, 3.63) is 86.2 Å². The number of hydrogen-bond acceptors (Lipinski definition) is 0. The number of benzene rings is 3. The van der Waals surface area contributed by atoms with E-state index in [0.717, 1.165) is 13.4 Å². The predicted molar refractivity (Wildman–Crippen MR) is 108 cm³/mol. The van der Waals surface area contributed by atoms with E-state index in [2.05, 4.69) is 121 Å². The lowest BCUT2D eigenvalue weighted by Crippen LogP contribution is -2.20. The van der Waals surface area contributed by atoms with Crippen LogP contribution in [-0.4, -0.2) is 0 Å². The van der Waals surface area contributed by atoms with Crippen LogP contribution >= 0.6 is 55.7 Å². The average molecular weight is 499 g/mol. The molecule has 0 aliphatic heterocycles. The molecule has 0 saturated heterocycles. The summed E-state index contributed by atoms with van der Waals surface area (Å²) in [6.07, 6.45) is 0. The van der Waals surface area contributed by atoms with E-state index < -0.39 is 7.92 Å². The van der Waals surface area contributed by atoms with Gasteiger partial charge in [-0.1, -0.05) is 84.2 Å². The van der Waals surface area contributed by atoms with Gasteiger partial charge in [0.2, 0.25) is 0 Å². The standard InChI is InChI=1S/C18H12Br3P/c19-13-1-7-16(8-2-13)22(17-9-3-14(20)4-10-17)18-11-5-15(21)6-12-18/h1-12H. The van der Waals surface area contributed by atoms with E-state index in [9.17, 15) is 0 Å². The minimum Gasteiger partial charge on any atom is -0.0528 e. The molecule has 3 aromatic rings. The largest absolute Gasteiger partial charge is 0.0528 e. The van der Waals surface area contributed by atoms with E-state index >= 15 is 0 Å². The van der Waals surface area contributed by atoms with Crippen LogP contribution < -0.4 is 15.9 Å². The quantitative estimate of drug-likeness (QED) is 0.404. The van der Waals surface area contributed by atoms with Crippen molar-refractivity contribution in [2.75, 3.05) is 0 Å². The molecular weight excluding hydrogens is 487 g/mol. The Morgan fingerprint density at radius 3 is 0.864 bits per heavy atom. The first kappa shape index (κ1) is 16.4. The van der Waals surface area contributed by atoms with Gasteiger partial charge in [0.15, 0.2) is 0 Å². The second-order valence-corrected chi connectivity index (χ2v) is 9.73. The van der Waals surface area contributed by atoms with Gasteiger partial charge in [-0.3, -0.25) is 0 Å². The van der Waals surface area contributed by atoms with Gasteiger partial charge in [0.05, 0.1) is 0 Å². The lowest BCUT2D eigenvalue weighted by Gasteiger charge is -2.19. The minimum absolute atomic E-state index is 0.546. The van der Waals surface area contributed by atoms with E-state index in [4.69, 9.17) is 0 Å². The molecule has 0 aliphatic rings. The Morgan fingerprint density at radius 1 is 0.409 bits per heavy atom. The van der Waals surface area contributed by atoms with Crippen molar-refractivity contribution in [2.24, 2.45) is 0 Å². The maximum absolute atomic E-state index is 3.52. The van der Waals surface area contributed by atoms with Crippen LogP contribution in [0.5, 0.6) is 0 Å². The molecule has 4 heteroatoms. The number of rotatable bonds is 3. The first-order valence-corrected chi connectivity index (χ1v) is 10.4. The van der Waals surface area contributed by atoms with Crippen LogP contribution in [0.2, 0.25) is 0 Å². The molecule has 0 saturated carbocycles. The Kier molecular flexibility index (Phi) is 5.51. The number of halogens is 3. The summed E-state index contributed by atoms with van der Waals surface area (Å²) in [4.78, 5) is 0. The highest BCUT2D eigenvalue weighted by atomic mass is 79.9. The fraction of sp³-hybridized carbons (Fsp3) is 0. The van der Waals surface area contributed by atoms with Gasteiger partial charge in [-0.05, 0) is 60.2 Å². The third-order valence-electron chi connectivity index (χ3n) is 3.25. The smallest absolute Gasteiger partial charge is 0.0175 e. The molecule has 22 heavy (non-hydrogen) atoms. The summed E-state index contributed by atoms with van der Waals surface area (Å²) < 4.78 is 3.33. The van der Waals surface area contributed by atoms with E-state index in [-0.39, 0.29) is 0 Å². The second kappa shape index (κ2) is 7.40. The summed E-state index contributed by atoms with van der Waals surface area (Å²) in [5.74, 6) is 0. The highest BCUT2D eigenvalue weighted by Gasteiger charge is 2.16. The van der Waals surface area contributed by atoms with Gasteiger partial charge in [0.25, 0.3) is 0 Å². The van der Waals surface area contributed by atoms with E-state index in [1.165, 1.54) is 15.9 Å². The zero-order chi connectivity index (χ0) is 15.5. The molecule has 3 aromatic carbocycles. The first-order valence-electron chi connectivity index (χ1n) is 6.70.